The summed E-state index contributed by atoms with van der Waals surface area (Å²) < 4.78 is 27.6. The minimum Gasteiger partial charge on any atom is -0.322 e. The fourth-order valence-electron chi connectivity index (χ4n) is 2.32. The average Bonchev–Trinajstić information content (AvgIpc) is 3.04. The van der Waals surface area contributed by atoms with Crippen LogP contribution in [-0.4, -0.2) is 44.0 Å². The van der Waals surface area contributed by atoms with Crippen LogP contribution in [0.4, 0.5) is 5.69 Å². The molecule has 0 unspecified atom stereocenters. The number of sulfonamides is 1. The summed E-state index contributed by atoms with van der Waals surface area (Å²) in [5, 5.41) is 2.94. The smallest absolute Gasteiger partial charge is 0.257 e. The molecule has 3 rings (SSSR count). The molecule has 0 aliphatic carbocycles. The van der Waals surface area contributed by atoms with E-state index < -0.39 is 15.9 Å². The second kappa shape index (κ2) is 7.76. The molecule has 1 N–H and O–H groups in total. The third kappa shape index (κ3) is 4.12. The zero-order valence-corrected chi connectivity index (χ0v) is 17.9. The zero-order chi connectivity index (χ0) is 19.8. The Morgan fingerprint density at radius 2 is 1.96 bits per heavy atom. The number of thiazole rings is 1. The molecular formula is C17H16ClN3O3S3. The van der Waals surface area contributed by atoms with Crippen molar-refractivity contribution in [1.29, 1.82) is 0 Å². The van der Waals surface area contributed by atoms with Crippen molar-refractivity contribution in [3.8, 4) is 0 Å². The van der Waals surface area contributed by atoms with Crippen molar-refractivity contribution in [3.05, 3.63) is 47.0 Å². The van der Waals surface area contributed by atoms with Crippen LogP contribution in [0.5, 0.6) is 0 Å². The maximum Gasteiger partial charge on any atom is 0.257 e. The van der Waals surface area contributed by atoms with Crippen molar-refractivity contribution in [2.45, 2.75) is 9.24 Å². The van der Waals surface area contributed by atoms with Crippen molar-refractivity contribution in [1.82, 2.24) is 9.29 Å². The lowest BCUT2D eigenvalue weighted by molar-refractivity contribution is 0.102. The third-order valence-corrected chi connectivity index (χ3v) is 7.91. The molecule has 0 spiro atoms. The number of halogens is 1. The van der Waals surface area contributed by atoms with Crippen LogP contribution in [0, 0.1) is 0 Å². The fraction of sp³-hybridized carbons (Fsp3) is 0.176. The molecule has 1 heterocycles. The van der Waals surface area contributed by atoms with E-state index in [0.717, 1.165) is 18.9 Å². The minimum absolute atomic E-state index is 0.00423. The van der Waals surface area contributed by atoms with Gasteiger partial charge in [-0.1, -0.05) is 23.4 Å². The summed E-state index contributed by atoms with van der Waals surface area (Å²) in [4.78, 5) is 17.1. The summed E-state index contributed by atoms with van der Waals surface area (Å²) in [6.07, 6.45) is 1.96. The molecule has 27 heavy (non-hydrogen) atoms. The average molecular weight is 442 g/mol. The third-order valence-electron chi connectivity index (χ3n) is 3.76. The highest BCUT2D eigenvalue weighted by Gasteiger charge is 2.21. The summed E-state index contributed by atoms with van der Waals surface area (Å²) in [6, 6.07) is 9.48. The number of hydrogen-bond donors (Lipinski definition) is 1. The highest BCUT2D eigenvalue weighted by molar-refractivity contribution is 8.00. The molecule has 1 amide bonds. The van der Waals surface area contributed by atoms with Gasteiger partial charge in [-0.2, -0.15) is 0 Å². The first-order valence-corrected chi connectivity index (χ1v) is 11.6. The molecule has 10 heteroatoms. The molecule has 3 aromatic rings. The topological polar surface area (TPSA) is 79.4 Å². The van der Waals surface area contributed by atoms with Gasteiger partial charge >= 0.3 is 0 Å². The van der Waals surface area contributed by atoms with E-state index in [4.69, 9.17) is 11.6 Å². The fourth-order valence-corrected chi connectivity index (χ4v) is 4.98. The molecule has 0 bridgehead atoms. The zero-order valence-electron chi connectivity index (χ0n) is 14.7. The number of benzene rings is 2. The summed E-state index contributed by atoms with van der Waals surface area (Å²) >= 11 is 9.22. The van der Waals surface area contributed by atoms with Gasteiger partial charge in [0.25, 0.3) is 5.91 Å². The number of carbonyl (C=O) groups is 1. The van der Waals surface area contributed by atoms with Crippen LogP contribution in [0.2, 0.25) is 5.02 Å². The van der Waals surface area contributed by atoms with E-state index >= 15 is 0 Å². The van der Waals surface area contributed by atoms with Crippen LogP contribution < -0.4 is 5.32 Å². The molecule has 0 radical (unpaired) electrons. The van der Waals surface area contributed by atoms with E-state index in [2.05, 4.69) is 10.3 Å². The lowest BCUT2D eigenvalue weighted by Crippen LogP contribution is -2.23. The van der Waals surface area contributed by atoms with Gasteiger partial charge in [-0.3, -0.25) is 4.79 Å². The standard InChI is InChI=1S/C17H16ClN3O3S3/c1-21(2)27(23,24)11-5-6-13(18)12(9-11)16(22)19-10-4-7-14-15(8-10)26-17(20-14)25-3/h4-9H,1-3H3,(H,19,22). The van der Waals surface area contributed by atoms with Crippen molar-refractivity contribution < 1.29 is 13.2 Å². The van der Waals surface area contributed by atoms with Crippen molar-refractivity contribution in [2.24, 2.45) is 0 Å². The van der Waals surface area contributed by atoms with E-state index in [1.807, 2.05) is 18.4 Å². The van der Waals surface area contributed by atoms with E-state index in [-0.39, 0.29) is 15.5 Å². The molecule has 6 nitrogen and oxygen atoms in total. The molecule has 0 fully saturated rings. The first-order valence-electron chi connectivity index (χ1n) is 7.70. The normalized spacial score (nSPS) is 11.9. The number of hydrogen-bond acceptors (Lipinski definition) is 6. The number of nitrogens with zero attached hydrogens (tertiary/aromatic N) is 2. The van der Waals surface area contributed by atoms with Gasteiger partial charge < -0.3 is 5.32 Å². The number of nitrogens with one attached hydrogen (secondary N) is 1. The van der Waals surface area contributed by atoms with E-state index in [1.165, 1.54) is 43.6 Å². The Labute approximate surface area is 170 Å². The largest absolute Gasteiger partial charge is 0.322 e. The SMILES string of the molecule is CSc1nc2ccc(NC(=O)c3cc(S(=O)(=O)N(C)C)ccc3Cl)cc2s1. The van der Waals surface area contributed by atoms with Gasteiger partial charge in [-0.25, -0.2) is 17.7 Å². The van der Waals surface area contributed by atoms with Crippen LogP contribution in [0.1, 0.15) is 10.4 Å². The minimum atomic E-state index is -3.67. The highest BCUT2D eigenvalue weighted by Crippen LogP contribution is 2.30. The first-order chi connectivity index (χ1) is 12.7. The Balaban J connectivity index is 1.92. The van der Waals surface area contributed by atoms with Crippen LogP contribution in [0.15, 0.2) is 45.6 Å². The van der Waals surface area contributed by atoms with Crippen LogP contribution in [0.25, 0.3) is 10.2 Å². The molecule has 0 aliphatic rings. The number of amides is 1. The second-order valence-electron chi connectivity index (χ2n) is 5.75. The van der Waals surface area contributed by atoms with Crippen molar-refractivity contribution in [2.75, 3.05) is 25.7 Å². The van der Waals surface area contributed by atoms with Crippen LogP contribution >= 0.6 is 34.7 Å². The number of thioether (sulfide) groups is 1. The number of rotatable bonds is 5. The Hall–Kier alpha value is -1.65. The molecule has 142 valence electrons. The van der Waals surface area contributed by atoms with E-state index in [9.17, 15) is 13.2 Å². The molecule has 2 aromatic carbocycles. The Kier molecular flexibility index (Phi) is 5.78. The lowest BCUT2D eigenvalue weighted by atomic mass is 10.2. The van der Waals surface area contributed by atoms with Gasteiger partial charge in [0.05, 0.1) is 25.7 Å². The summed E-state index contributed by atoms with van der Waals surface area (Å²) in [7, 11) is -0.811. The maximum atomic E-state index is 12.7. The monoisotopic (exact) mass is 441 g/mol. The van der Waals surface area contributed by atoms with Crippen molar-refractivity contribution in [3.63, 3.8) is 0 Å². The predicted octanol–water partition coefficient (Wildman–Crippen LogP) is 4.17. The number of fused-ring (bicyclic) bond motifs is 1. The van der Waals surface area contributed by atoms with Gasteiger partial charge in [-0.15, -0.1) is 11.3 Å². The number of aromatic nitrogens is 1. The Bertz CT molecular complexity index is 1130. The summed E-state index contributed by atoms with van der Waals surface area (Å²) in [6.45, 7) is 0. The number of anilines is 1. The van der Waals surface area contributed by atoms with E-state index in [1.54, 1.807) is 17.8 Å². The van der Waals surface area contributed by atoms with Crippen molar-refractivity contribution >= 4 is 66.5 Å². The van der Waals surface area contributed by atoms with Crippen LogP contribution in [0.3, 0.4) is 0 Å². The summed E-state index contributed by atoms with van der Waals surface area (Å²) in [5.41, 5.74) is 1.54. The van der Waals surface area contributed by atoms with Crippen LogP contribution in [-0.2, 0) is 10.0 Å². The second-order valence-corrected chi connectivity index (χ2v) is 10.4. The summed E-state index contributed by atoms with van der Waals surface area (Å²) in [5.74, 6) is -0.482. The van der Waals surface area contributed by atoms with Gasteiger partial charge in [0.2, 0.25) is 10.0 Å². The van der Waals surface area contributed by atoms with Gasteiger partial charge in [0.1, 0.15) is 0 Å². The Morgan fingerprint density at radius 3 is 2.63 bits per heavy atom. The molecule has 0 saturated heterocycles. The van der Waals surface area contributed by atoms with E-state index in [0.29, 0.717) is 5.69 Å². The maximum absolute atomic E-state index is 12.7. The quantitative estimate of drug-likeness (QED) is 0.601. The molecule has 0 aliphatic heterocycles. The lowest BCUT2D eigenvalue weighted by Gasteiger charge is -2.13. The van der Waals surface area contributed by atoms with Gasteiger partial charge in [-0.05, 0) is 42.7 Å². The first kappa shape index (κ1) is 20.1. The molecular weight excluding hydrogens is 426 g/mol. The molecule has 1 aromatic heterocycles. The van der Waals surface area contributed by atoms with Gasteiger partial charge in [0.15, 0.2) is 4.34 Å². The highest BCUT2D eigenvalue weighted by atomic mass is 35.5. The van der Waals surface area contributed by atoms with Gasteiger partial charge in [0, 0.05) is 19.8 Å². The molecule has 0 atom stereocenters. The Morgan fingerprint density at radius 1 is 1.22 bits per heavy atom. The number of carbonyl (C=O) groups excluding carboxylic acids is 1. The molecule has 0 saturated carbocycles. The predicted molar refractivity (Wildman–Crippen MR) is 112 cm³/mol.